The second-order valence-electron chi connectivity index (χ2n) is 4.05. The largest absolute Gasteiger partial charge is 0.394 e. The van der Waals surface area contributed by atoms with Gasteiger partial charge < -0.3 is 15.7 Å². The second kappa shape index (κ2) is 7.48. The number of hydrogen-bond acceptors (Lipinski definition) is 3. The summed E-state index contributed by atoms with van der Waals surface area (Å²) in [7, 11) is 0. The van der Waals surface area contributed by atoms with E-state index in [1.54, 1.807) is 0 Å². The molecular weight excluding hydrogens is 251 g/mol. The molecular formula is C13H17FN2O3. The van der Waals surface area contributed by atoms with Crippen molar-refractivity contribution in [2.45, 2.75) is 19.4 Å². The third-order valence-corrected chi connectivity index (χ3v) is 2.57. The van der Waals surface area contributed by atoms with Crippen molar-refractivity contribution in [1.82, 2.24) is 10.6 Å². The third-order valence-electron chi connectivity index (χ3n) is 2.57. The lowest BCUT2D eigenvalue weighted by Gasteiger charge is -2.14. The molecule has 104 valence electrons. The summed E-state index contributed by atoms with van der Waals surface area (Å²) in [6, 6.07) is 4.88. The number of amides is 2. The summed E-state index contributed by atoms with van der Waals surface area (Å²) < 4.78 is 12.9. The number of aliphatic hydroxyl groups excluding tert-OH is 1. The predicted octanol–water partition coefficient (Wildman–Crippen LogP) is 0.443. The molecule has 0 aliphatic heterocycles. The fourth-order valence-corrected chi connectivity index (χ4v) is 1.45. The lowest BCUT2D eigenvalue weighted by atomic mass is 10.2. The zero-order valence-electron chi connectivity index (χ0n) is 10.6. The minimum absolute atomic E-state index is 0.153. The van der Waals surface area contributed by atoms with Gasteiger partial charge in [0, 0.05) is 5.56 Å². The van der Waals surface area contributed by atoms with E-state index in [0.29, 0.717) is 6.42 Å². The SMILES string of the molecule is CCC(CO)NC(=O)CNC(=O)c1cccc(F)c1. The Hall–Kier alpha value is -1.95. The van der Waals surface area contributed by atoms with Crippen LogP contribution in [0.25, 0.3) is 0 Å². The Labute approximate surface area is 110 Å². The first-order valence-electron chi connectivity index (χ1n) is 6.00. The van der Waals surface area contributed by atoms with Crippen molar-refractivity contribution < 1.29 is 19.1 Å². The standard InChI is InChI=1S/C13H17FN2O3/c1-2-11(8-17)16-12(18)7-15-13(19)9-4-3-5-10(14)6-9/h3-6,11,17H,2,7-8H2,1H3,(H,15,19)(H,16,18). The lowest BCUT2D eigenvalue weighted by Crippen LogP contribution is -2.43. The van der Waals surface area contributed by atoms with Crippen molar-refractivity contribution in [2.24, 2.45) is 0 Å². The molecule has 6 heteroatoms. The third kappa shape index (κ3) is 5.05. The molecule has 0 aliphatic carbocycles. The zero-order valence-corrected chi connectivity index (χ0v) is 10.6. The number of hydrogen-bond donors (Lipinski definition) is 3. The molecule has 1 unspecified atom stereocenters. The minimum Gasteiger partial charge on any atom is -0.394 e. The first kappa shape index (κ1) is 15.1. The molecule has 0 saturated carbocycles. The Kier molecular flexibility index (Phi) is 5.95. The van der Waals surface area contributed by atoms with Gasteiger partial charge in [-0.3, -0.25) is 9.59 Å². The molecule has 0 aliphatic rings. The van der Waals surface area contributed by atoms with Crippen molar-refractivity contribution in [1.29, 1.82) is 0 Å². The van der Waals surface area contributed by atoms with Crippen LogP contribution in [0.3, 0.4) is 0 Å². The van der Waals surface area contributed by atoms with E-state index < -0.39 is 17.6 Å². The van der Waals surface area contributed by atoms with E-state index in [-0.39, 0.29) is 24.8 Å². The molecule has 5 nitrogen and oxygen atoms in total. The van der Waals surface area contributed by atoms with Crippen LogP contribution in [-0.2, 0) is 4.79 Å². The topological polar surface area (TPSA) is 78.4 Å². The van der Waals surface area contributed by atoms with Gasteiger partial charge in [-0.15, -0.1) is 0 Å². The number of rotatable bonds is 6. The van der Waals surface area contributed by atoms with E-state index in [9.17, 15) is 14.0 Å². The fourth-order valence-electron chi connectivity index (χ4n) is 1.45. The van der Waals surface area contributed by atoms with Gasteiger partial charge in [-0.05, 0) is 24.6 Å². The maximum absolute atomic E-state index is 12.9. The summed E-state index contributed by atoms with van der Waals surface area (Å²) in [4.78, 5) is 23.1. The number of halogens is 1. The highest BCUT2D eigenvalue weighted by atomic mass is 19.1. The molecule has 0 saturated heterocycles. The van der Waals surface area contributed by atoms with Crippen LogP contribution in [0.4, 0.5) is 4.39 Å². The molecule has 0 aromatic heterocycles. The molecule has 0 heterocycles. The van der Waals surface area contributed by atoms with E-state index in [2.05, 4.69) is 10.6 Å². The van der Waals surface area contributed by atoms with E-state index in [0.717, 1.165) is 6.07 Å². The van der Waals surface area contributed by atoms with Gasteiger partial charge in [0.25, 0.3) is 5.91 Å². The summed E-state index contributed by atoms with van der Waals surface area (Å²) >= 11 is 0. The van der Waals surface area contributed by atoms with Crippen LogP contribution in [0.1, 0.15) is 23.7 Å². The Balaban J connectivity index is 2.44. The number of carbonyl (C=O) groups is 2. The van der Waals surface area contributed by atoms with E-state index >= 15 is 0 Å². The number of nitrogens with one attached hydrogen (secondary N) is 2. The summed E-state index contributed by atoms with van der Waals surface area (Å²) in [6.07, 6.45) is 0.597. The highest BCUT2D eigenvalue weighted by Gasteiger charge is 2.11. The van der Waals surface area contributed by atoms with E-state index in [4.69, 9.17) is 5.11 Å². The zero-order chi connectivity index (χ0) is 14.3. The molecule has 19 heavy (non-hydrogen) atoms. The maximum atomic E-state index is 12.9. The van der Waals surface area contributed by atoms with Gasteiger partial charge in [-0.1, -0.05) is 13.0 Å². The van der Waals surface area contributed by atoms with Crippen LogP contribution in [0, 0.1) is 5.82 Å². The van der Waals surface area contributed by atoms with E-state index in [1.807, 2.05) is 6.92 Å². The Morgan fingerprint density at radius 2 is 2.16 bits per heavy atom. The molecule has 2 amide bonds. The molecule has 0 fully saturated rings. The number of benzene rings is 1. The van der Waals surface area contributed by atoms with Crippen molar-refractivity contribution in [3.05, 3.63) is 35.6 Å². The van der Waals surface area contributed by atoms with Crippen molar-refractivity contribution >= 4 is 11.8 Å². The Bertz CT molecular complexity index is 447. The summed E-state index contributed by atoms with van der Waals surface area (Å²) in [5.74, 6) is -1.43. The smallest absolute Gasteiger partial charge is 0.251 e. The Morgan fingerprint density at radius 3 is 2.74 bits per heavy atom. The first-order valence-corrected chi connectivity index (χ1v) is 6.00. The molecule has 1 aromatic rings. The molecule has 0 bridgehead atoms. The summed E-state index contributed by atoms with van der Waals surface area (Å²) in [5, 5.41) is 13.9. The van der Waals surface area contributed by atoms with Crippen LogP contribution in [0.5, 0.6) is 0 Å². The van der Waals surface area contributed by atoms with Crippen molar-refractivity contribution in [2.75, 3.05) is 13.2 Å². The van der Waals surface area contributed by atoms with Gasteiger partial charge in [-0.2, -0.15) is 0 Å². The van der Waals surface area contributed by atoms with Gasteiger partial charge in [0.2, 0.25) is 5.91 Å². The van der Waals surface area contributed by atoms with Gasteiger partial charge in [-0.25, -0.2) is 4.39 Å². The van der Waals surface area contributed by atoms with Gasteiger partial charge in [0.05, 0.1) is 19.2 Å². The average molecular weight is 268 g/mol. The second-order valence-corrected chi connectivity index (χ2v) is 4.05. The molecule has 0 radical (unpaired) electrons. The van der Waals surface area contributed by atoms with Crippen LogP contribution in [0.2, 0.25) is 0 Å². The molecule has 3 N–H and O–H groups in total. The number of aliphatic hydroxyl groups is 1. The minimum atomic E-state index is -0.522. The van der Waals surface area contributed by atoms with Crippen molar-refractivity contribution in [3.63, 3.8) is 0 Å². The van der Waals surface area contributed by atoms with Crippen LogP contribution < -0.4 is 10.6 Å². The monoisotopic (exact) mass is 268 g/mol. The van der Waals surface area contributed by atoms with Gasteiger partial charge in [0.1, 0.15) is 5.82 Å². The highest BCUT2D eigenvalue weighted by Crippen LogP contribution is 2.02. The molecule has 1 aromatic carbocycles. The fraction of sp³-hybridized carbons (Fsp3) is 0.385. The number of carbonyl (C=O) groups excluding carboxylic acids is 2. The average Bonchev–Trinajstić information content (AvgIpc) is 2.42. The predicted molar refractivity (Wildman–Crippen MR) is 68.0 cm³/mol. The molecule has 0 spiro atoms. The van der Waals surface area contributed by atoms with Crippen LogP contribution >= 0.6 is 0 Å². The summed E-state index contributed by atoms with van der Waals surface area (Å²) in [6.45, 7) is 1.46. The normalized spacial score (nSPS) is 11.7. The highest BCUT2D eigenvalue weighted by molar-refractivity contribution is 5.96. The van der Waals surface area contributed by atoms with E-state index in [1.165, 1.54) is 18.2 Å². The summed E-state index contributed by atoms with van der Waals surface area (Å²) in [5.41, 5.74) is 0.155. The maximum Gasteiger partial charge on any atom is 0.251 e. The Morgan fingerprint density at radius 1 is 1.42 bits per heavy atom. The van der Waals surface area contributed by atoms with Crippen molar-refractivity contribution in [3.8, 4) is 0 Å². The van der Waals surface area contributed by atoms with Gasteiger partial charge >= 0.3 is 0 Å². The van der Waals surface area contributed by atoms with Crippen LogP contribution in [-0.4, -0.2) is 36.1 Å². The first-order chi connectivity index (χ1) is 9.06. The lowest BCUT2D eigenvalue weighted by molar-refractivity contribution is -0.121. The quantitative estimate of drug-likeness (QED) is 0.700. The van der Waals surface area contributed by atoms with Crippen LogP contribution in [0.15, 0.2) is 24.3 Å². The van der Waals surface area contributed by atoms with Gasteiger partial charge in [0.15, 0.2) is 0 Å². The molecule has 1 rings (SSSR count). The molecule has 1 atom stereocenters.